The molecule has 0 spiro atoms. The third-order valence-electron chi connectivity index (χ3n) is 3.70. The first kappa shape index (κ1) is 18.0. The van der Waals surface area contributed by atoms with Crippen molar-refractivity contribution < 1.29 is 0 Å². The van der Waals surface area contributed by atoms with Crippen LogP contribution in [0.15, 0.2) is 0 Å². The van der Waals surface area contributed by atoms with E-state index < -0.39 is 0 Å². The van der Waals surface area contributed by atoms with Crippen LogP contribution in [0.3, 0.4) is 0 Å². The third-order valence-corrected chi connectivity index (χ3v) is 3.70. The number of hydrogen-bond donors (Lipinski definition) is 0. The molecule has 0 N–H and O–H groups in total. The molecule has 0 amide bonds. The Bertz CT molecular complexity index is 213. The van der Waals surface area contributed by atoms with Crippen LogP contribution in [-0.2, 0) is 0 Å². The molecule has 3 atom stereocenters. The van der Waals surface area contributed by atoms with E-state index in [2.05, 4.69) is 68.7 Å². The quantitative estimate of drug-likeness (QED) is 0.516. The van der Waals surface area contributed by atoms with E-state index in [1.54, 1.807) is 0 Å². The van der Waals surface area contributed by atoms with Crippen molar-refractivity contribution in [3.8, 4) is 0 Å². The fraction of sp³-hybridized carbons (Fsp3) is 0.944. The molecule has 0 bridgehead atoms. The minimum Gasteiger partial charge on any atom is -0.0625 e. The zero-order chi connectivity index (χ0) is 14.6. The molecule has 0 saturated heterocycles. The molecule has 0 nitrogen and oxygen atoms in total. The molecule has 0 aliphatic rings. The average Bonchev–Trinajstić information content (AvgIpc) is 2.08. The lowest BCUT2D eigenvalue weighted by Gasteiger charge is -2.29. The Hall–Kier alpha value is 0. The van der Waals surface area contributed by atoms with E-state index in [1.165, 1.54) is 19.3 Å². The molecule has 0 heteroatoms. The van der Waals surface area contributed by atoms with Crippen molar-refractivity contribution in [1.29, 1.82) is 0 Å². The lowest BCUT2D eigenvalue weighted by Crippen LogP contribution is -2.18. The molecule has 0 rings (SSSR count). The van der Waals surface area contributed by atoms with Crippen LogP contribution in [0.4, 0.5) is 0 Å². The summed E-state index contributed by atoms with van der Waals surface area (Å²) in [7, 11) is 0. The van der Waals surface area contributed by atoms with E-state index in [4.69, 9.17) is 0 Å². The minimum absolute atomic E-state index is 0.457. The SMILES string of the molecule is CC(C[CH]C(C)C(C)CC(C)(C)C)CC(C)(C)C. The van der Waals surface area contributed by atoms with Gasteiger partial charge in [0.2, 0.25) is 0 Å². The van der Waals surface area contributed by atoms with Gasteiger partial charge in [0.05, 0.1) is 0 Å². The molecule has 0 aromatic rings. The van der Waals surface area contributed by atoms with Crippen LogP contribution in [0.1, 0.15) is 81.6 Å². The summed E-state index contributed by atoms with van der Waals surface area (Å²) < 4.78 is 0. The smallest absolute Gasteiger partial charge is 0.0352 e. The van der Waals surface area contributed by atoms with Gasteiger partial charge in [-0.05, 0) is 54.3 Å². The second kappa shape index (κ2) is 6.96. The van der Waals surface area contributed by atoms with Gasteiger partial charge < -0.3 is 0 Å². The fourth-order valence-electron chi connectivity index (χ4n) is 2.96. The van der Waals surface area contributed by atoms with Crippen LogP contribution in [0.25, 0.3) is 0 Å². The molecular weight excluding hydrogens is 216 g/mol. The minimum atomic E-state index is 0.457. The van der Waals surface area contributed by atoms with Crippen molar-refractivity contribution in [3.05, 3.63) is 6.42 Å². The zero-order valence-corrected chi connectivity index (χ0v) is 14.4. The van der Waals surface area contributed by atoms with Crippen LogP contribution in [0.5, 0.6) is 0 Å². The maximum Gasteiger partial charge on any atom is -0.0352 e. The van der Waals surface area contributed by atoms with Gasteiger partial charge in [-0.2, -0.15) is 0 Å². The van der Waals surface area contributed by atoms with Crippen molar-refractivity contribution in [2.75, 3.05) is 0 Å². The largest absolute Gasteiger partial charge is 0.0625 e. The Balaban J connectivity index is 3.99. The Kier molecular flexibility index (Phi) is 6.96. The Morgan fingerprint density at radius 2 is 1.22 bits per heavy atom. The molecule has 0 fully saturated rings. The molecule has 0 aromatic carbocycles. The van der Waals surface area contributed by atoms with Gasteiger partial charge in [-0.3, -0.25) is 0 Å². The van der Waals surface area contributed by atoms with Gasteiger partial charge in [-0.1, -0.05) is 62.3 Å². The van der Waals surface area contributed by atoms with E-state index >= 15 is 0 Å². The van der Waals surface area contributed by atoms with Gasteiger partial charge in [0.25, 0.3) is 0 Å². The van der Waals surface area contributed by atoms with E-state index in [-0.39, 0.29) is 0 Å². The highest BCUT2D eigenvalue weighted by atomic mass is 14.3. The van der Waals surface area contributed by atoms with Crippen LogP contribution in [0, 0.1) is 35.0 Å². The van der Waals surface area contributed by atoms with Crippen molar-refractivity contribution in [1.82, 2.24) is 0 Å². The van der Waals surface area contributed by atoms with Crippen LogP contribution in [-0.4, -0.2) is 0 Å². The van der Waals surface area contributed by atoms with E-state index in [9.17, 15) is 0 Å². The summed E-state index contributed by atoms with van der Waals surface area (Å²) in [5.41, 5.74) is 0.923. The second-order valence-corrected chi connectivity index (χ2v) is 8.94. The number of rotatable bonds is 6. The first-order valence-corrected chi connectivity index (χ1v) is 7.74. The first-order valence-electron chi connectivity index (χ1n) is 7.74. The molecule has 3 unspecified atom stereocenters. The van der Waals surface area contributed by atoms with Crippen molar-refractivity contribution in [2.24, 2.45) is 28.6 Å². The summed E-state index contributed by atoms with van der Waals surface area (Å²) in [5, 5.41) is 0. The Morgan fingerprint density at radius 3 is 1.61 bits per heavy atom. The predicted octanol–water partition coefficient (Wildman–Crippen LogP) is 6.36. The van der Waals surface area contributed by atoms with Gasteiger partial charge >= 0.3 is 0 Å². The lowest BCUT2D eigenvalue weighted by atomic mass is 9.77. The molecule has 109 valence electrons. The standard InChI is InChI=1S/C18H37/c1-14(12-17(4,5)6)10-11-15(2)16(3)13-18(7,8)9/h11,14-16H,10,12-13H2,1-9H3. The molecule has 1 radical (unpaired) electrons. The molecule has 0 aliphatic heterocycles. The van der Waals surface area contributed by atoms with Crippen molar-refractivity contribution in [2.45, 2.75) is 81.6 Å². The van der Waals surface area contributed by atoms with Gasteiger partial charge in [0.1, 0.15) is 0 Å². The highest BCUT2D eigenvalue weighted by Gasteiger charge is 2.21. The van der Waals surface area contributed by atoms with Crippen molar-refractivity contribution in [3.63, 3.8) is 0 Å². The Labute approximate surface area is 117 Å². The zero-order valence-electron chi connectivity index (χ0n) is 14.4. The Morgan fingerprint density at radius 1 is 0.778 bits per heavy atom. The van der Waals surface area contributed by atoms with Crippen LogP contribution in [0.2, 0.25) is 0 Å². The normalized spacial score (nSPS) is 18.5. The monoisotopic (exact) mass is 253 g/mol. The molecule has 0 aliphatic carbocycles. The average molecular weight is 253 g/mol. The van der Waals surface area contributed by atoms with Gasteiger partial charge in [0, 0.05) is 0 Å². The highest BCUT2D eigenvalue weighted by molar-refractivity contribution is 4.82. The topological polar surface area (TPSA) is 0 Å². The van der Waals surface area contributed by atoms with Gasteiger partial charge in [-0.15, -0.1) is 0 Å². The van der Waals surface area contributed by atoms with E-state index in [0.29, 0.717) is 10.8 Å². The molecule has 0 saturated carbocycles. The first-order chi connectivity index (χ1) is 7.91. The summed E-state index contributed by atoms with van der Waals surface area (Å²) in [5.74, 6) is 2.35. The third kappa shape index (κ3) is 9.97. The summed E-state index contributed by atoms with van der Waals surface area (Å²) in [6, 6.07) is 0. The van der Waals surface area contributed by atoms with Gasteiger partial charge in [-0.25, -0.2) is 0 Å². The van der Waals surface area contributed by atoms with E-state index in [1.807, 2.05) is 0 Å². The second-order valence-electron chi connectivity index (χ2n) is 8.94. The molecule has 18 heavy (non-hydrogen) atoms. The molecule has 0 heterocycles. The molecular formula is C18H37. The highest BCUT2D eigenvalue weighted by Crippen LogP contribution is 2.32. The van der Waals surface area contributed by atoms with Crippen LogP contribution < -0.4 is 0 Å². The van der Waals surface area contributed by atoms with E-state index in [0.717, 1.165) is 17.8 Å². The fourth-order valence-corrected chi connectivity index (χ4v) is 2.96. The van der Waals surface area contributed by atoms with Crippen LogP contribution >= 0.6 is 0 Å². The summed E-state index contributed by atoms with van der Waals surface area (Å²) >= 11 is 0. The predicted molar refractivity (Wildman–Crippen MR) is 84.6 cm³/mol. The van der Waals surface area contributed by atoms with Gasteiger partial charge in [0.15, 0.2) is 0 Å². The number of hydrogen-bond acceptors (Lipinski definition) is 0. The summed E-state index contributed by atoms with van der Waals surface area (Å²) in [6.07, 6.45) is 6.47. The maximum absolute atomic E-state index is 2.56. The lowest BCUT2D eigenvalue weighted by molar-refractivity contribution is 0.253. The summed E-state index contributed by atoms with van der Waals surface area (Å²) in [6.45, 7) is 21.2. The van der Waals surface area contributed by atoms with Crippen molar-refractivity contribution >= 4 is 0 Å². The maximum atomic E-state index is 2.56. The summed E-state index contributed by atoms with van der Waals surface area (Å²) in [4.78, 5) is 0. The molecule has 0 aromatic heterocycles.